The fourth-order valence-electron chi connectivity index (χ4n) is 6.06. The molecule has 0 atom stereocenters. The molecule has 10 heteroatoms. The lowest BCUT2D eigenvalue weighted by atomic mass is 9.93. The molecule has 0 saturated carbocycles. The van der Waals surface area contributed by atoms with Crippen molar-refractivity contribution in [2.45, 2.75) is 19.3 Å². The third-order valence-electron chi connectivity index (χ3n) is 8.39. The topological polar surface area (TPSA) is 114 Å². The molecule has 41 heavy (non-hydrogen) atoms. The van der Waals surface area contributed by atoms with Crippen LogP contribution in [0.1, 0.15) is 19.3 Å². The van der Waals surface area contributed by atoms with E-state index in [1.807, 2.05) is 30.9 Å². The number of rotatable bonds is 7. The molecule has 2 saturated heterocycles. The van der Waals surface area contributed by atoms with Crippen molar-refractivity contribution in [1.29, 1.82) is 0 Å². The van der Waals surface area contributed by atoms with Crippen LogP contribution in [0.25, 0.3) is 44.5 Å². The zero-order chi connectivity index (χ0) is 27.8. The fourth-order valence-corrected chi connectivity index (χ4v) is 6.06. The molecule has 2 fully saturated rings. The largest absolute Gasteiger partial charge is 0.358 e. The van der Waals surface area contributed by atoms with Crippen molar-refractivity contribution in [3.63, 3.8) is 0 Å². The number of nitrogens with zero attached hydrogens (tertiary/aromatic N) is 6. The minimum Gasteiger partial charge on any atom is -0.358 e. The van der Waals surface area contributed by atoms with Crippen molar-refractivity contribution in [2.75, 3.05) is 56.5 Å². The minimum atomic E-state index is 0.677. The maximum absolute atomic E-state index is 4.75. The number of aromatic nitrogens is 6. The summed E-state index contributed by atoms with van der Waals surface area (Å²) >= 11 is 0. The van der Waals surface area contributed by atoms with Gasteiger partial charge in [0.05, 0.1) is 23.1 Å². The number of H-pyrrole nitrogens is 2. The Kier molecular flexibility index (Phi) is 6.85. The lowest BCUT2D eigenvalue weighted by Crippen LogP contribution is -2.44. The molecule has 2 aliphatic heterocycles. The van der Waals surface area contributed by atoms with E-state index < -0.39 is 0 Å². The smallest absolute Gasteiger partial charge is 0.155 e. The van der Waals surface area contributed by atoms with Crippen molar-refractivity contribution in [1.82, 2.24) is 40.3 Å². The third-order valence-corrected chi connectivity index (χ3v) is 8.39. The van der Waals surface area contributed by atoms with E-state index >= 15 is 0 Å². The van der Waals surface area contributed by atoms with E-state index in [0.717, 1.165) is 107 Å². The molecule has 4 N–H and O–H groups in total. The van der Waals surface area contributed by atoms with Gasteiger partial charge in [0.1, 0.15) is 11.5 Å². The highest BCUT2D eigenvalue weighted by Crippen LogP contribution is 2.34. The van der Waals surface area contributed by atoms with E-state index in [1.54, 1.807) is 0 Å². The van der Waals surface area contributed by atoms with Crippen molar-refractivity contribution in [2.24, 2.45) is 5.92 Å². The predicted molar refractivity (Wildman–Crippen MR) is 165 cm³/mol. The van der Waals surface area contributed by atoms with Gasteiger partial charge in [-0.1, -0.05) is 6.58 Å². The van der Waals surface area contributed by atoms with E-state index in [1.165, 1.54) is 12.8 Å². The number of pyridine rings is 3. The zero-order valence-corrected chi connectivity index (χ0v) is 23.5. The summed E-state index contributed by atoms with van der Waals surface area (Å²) in [6.07, 6.45) is 10.9. The molecule has 5 aromatic rings. The maximum Gasteiger partial charge on any atom is 0.155 e. The first-order valence-electron chi connectivity index (χ1n) is 14.5. The fraction of sp³-hybridized carbons (Fsp3) is 0.355. The predicted octanol–water partition coefficient (Wildman–Crippen LogP) is 4.63. The van der Waals surface area contributed by atoms with Crippen LogP contribution in [0.3, 0.4) is 0 Å². The second-order valence-corrected chi connectivity index (χ2v) is 11.3. The summed E-state index contributed by atoms with van der Waals surface area (Å²) in [5, 5.41) is 16.8. The number of hydrogen-bond acceptors (Lipinski definition) is 8. The SMILES string of the molecule is C=C(CC1CCNCC1)Nc1cncc(-c2cnc3[nH]nc(-c4cc5c(N6CCN(C)CC6)nccc5[nH]4)c3c2)c1. The average Bonchev–Trinajstić information content (AvgIpc) is 3.62. The Morgan fingerprint density at radius 1 is 1.00 bits per heavy atom. The molecule has 2 aliphatic rings. The molecule has 0 unspecified atom stereocenters. The van der Waals surface area contributed by atoms with Gasteiger partial charge in [0.15, 0.2) is 5.65 Å². The summed E-state index contributed by atoms with van der Waals surface area (Å²) in [6.45, 7) is 10.5. The highest BCUT2D eigenvalue weighted by atomic mass is 15.3. The number of hydrogen-bond donors (Lipinski definition) is 4. The number of fused-ring (bicyclic) bond motifs is 2. The molecule has 0 aliphatic carbocycles. The van der Waals surface area contributed by atoms with Crippen LogP contribution in [0.2, 0.25) is 0 Å². The number of anilines is 2. The van der Waals surface area contributed by atoms with Crippen molar-refractivity contribution in [3.05, 3.63) is 61.3 Å². The molecule has 5 aromatic heterocycles. The van der Waals surface area contributed by atoms with Gasteiger partial charge in [0.2, 0.25) is 0 Å². The summed E-state index contributed by atoms with van der Waals surface area (Å²) in [5.74, 6) is 1.70. The second-order valence-electron chi connectivity index (χ2n) is 11.3. The number of allylic oxidation sites excluding steroid dienone is 1. The van der Waals surface area contributed by atoms with Crippen LogP contribution < -0.4 is 15.5 Å². The van der Waals surface area contributed by atoms with Crippen molar-refractivity contribution < 1.29 is 0 Å². The first-order chi connectivity index (χ1) is 20.1. The van der Waals surface area contributed by atoms with E-state index in [-0.39, 0.29) is 0 Å². The molecular weight excluding hydrogens is 512 g/mol. The van der Waals surface area contributed by atoms with Gasteiger partial charge >= 0.3 is 0 Å². The van der Waals surface area contributed by atoms with Gasteiger partial charge in [0.25, 0.3) is 0 Å². The van der Waals surface area contributed by atoms with Crippen LogP contribution in [0.5, 0.6) is 0 Å². The molecule has 0 bridgehead atoms. The average molecular weight is 549 g/mol. The monoisotopic (exact) mass is 548 g/mol. The van der Waals surface area contributed by atoms with Gasteiger partial charge in [-0.25, -0.2) is 9.97 Å². The normalized spacial score (nSPS) is 17.0. The summed E-state index contributed by atoms with van der Waals surface area (Å²) in [5.41, 5.74) is 7.53. The van der Waals surface area contributed by atoms with Gasteiger partial charge in [-0.05, 0) is 69.6 Å². The summed E-state index contributed by atoms with van der Waals surface area (Å²) in [6, 6.07) is 8.44. The van der Waals surface area contributed by atoms with E-state index in [2.05, 4.69) is 72.4 Å². The maximum atomic E-state index is 4.75. The lowest BCUT2D eigenvalue weighted by Gasteiger charge is -2.33. The molecule has 0 aromatic carbocycles. The highest BCUT2D eigenvalue weighted by molar-refractivity contribution is 5.99. The van der Waals surface area contributed by atoms with Crippen molar-refractivity contribution in [3.8, 4) is 22.5 Å². The number of aromatic amines is 2. The van der Waals surface area contributed by atoms with E-state index in [0.29, 0.717) is 5.92 Å². The number of piperazine rings is 1. The Morgan fingerprint density at radius 2 is 1.83 bits per heavy atom. The van der Waals surface area contributed by atoms with Crippen LogP contribution in [-0.2, 0) is 0 Å². The first-order valence-corrected chi connectivity index (χ1v) is 14.5. The van der Waals surface area contributed by atoms with Gasteiger partial charge in [-0.2, -0.15) is 5.10 Å². The molecule has 0 spiro atoms. The van der Waals surface area contributed by atoms with Gasteiger partial charge in [0, 0.05) is 72.4 Å². The van der Waals surface area contributed by atoms with Gasteiger partial charge in [-0.3, -0.25) is 10.1 Å². The standard InChI is InChI=1S/C31H36N10/c1-20(13-21-3-6-32-7-4-21)36-24-14-22(17-33-19-24)23-15-26-29(38-39-30(26)35-18-23)28-16-25-27(37-28)5-8-34-31(25)41-11-9-40(2)10-12-41/h5,8,14-19,21,32,36-37H,1,3-4,6-7,9-13H2,2H3,(H,35,38,39). The highest BCUT2D eigenvalue weighted by Gasteiger charge is 2.20. The Labute approximate surface area is 239 Å². The third kappa shape index (κ3) is 5.28. The zero-order valence-electron chi connectivity index (χ0n) is 23.5. The molecule has 7 rings (SSSR count). The Bertz CT molecular complexity index is 1690. The van der Waals surface area contributed by atoms with Crippen LogP contribution in [0, 0.1) is 5.92 Å². The summed E-state index contributed by atoms with van der Waals surface area (Å²) in [7, 11) is 2.17. The number of likely N-dealkylation sites (N-methyl/N-ethyl adjacent to an activating group) is 1. The Balaban J connectivity index is 1.16. The molecule has 10 nitrogen and oxygen atoms in total. The quantitative estimate of drug-likeness (QED) is 0.233. The summed E-state index contributed by atoms with van der Waals surface area (Å²) < 4.78 is 0. The molecule has 7 heterocycles. The van der Waals surface area contributed by atoms with Crippen LogP contribution in [0.4, 0.5) is 11.5 Å². The van der Waals surface area contributed by atoms with E-state index in [4.69, 9.17) is 9.97 Å². The van der Waals surface area contributed by atoms with E-state index in [9.17, 15) is 0 Å². The van der Waals surface area contributed by atoms with Crippen LogP contribution in [-0.4, -0.2) is 81.3 Å². The van der Waals surface area contributed by atoms with Gasteiger partial charge in [-0.15, -0.1) is 0 Å². The van der Waals surface area contributed by atoms with Crippen LogP contribution in [0.15, 0.2) is 61.3 Å². The molecular formula is C31H36N10. The van der Waals surface area contributed by atoms with Crippen molar-refractivity contribution >= 4 is 33.4 Å². The summed E-state index contributed by atoms with van der Waals surface area (Å²) in [4.78, 5) is 22.3. The Hall–Kier alpha value is -4.28. The number of nitrogens with one attached hydrogen (secondary N) is 4. The first kappa shape index (κ1) is 25.7. The Morgan fingerprint density at radius 3 is 2.68 bits per heavy atom. The molecule has 0 amide bonds. The van der Waals surface area contributed by atoms with Crippen LogP contribution >= 0.6 is 0 Å². The minimum absolute atomic E-state index is 0.677. The number of piperidine rings is 1. The van der Waals surface area contributed by atoms with Gasteiger partial charge < -0.3 is 25.4 Å². The second kappa shape index (κ2) is 10.9. The molecule has 210 valence electrons. The molecule has 0 radical (unpaired) electrons. The lowest BCUT2D eigenvalue weighted by molar-refractivity contribution is 0.312.